The first-order valence-corrected chi connectivity index (χ1v) is 9.23. The molecule has 0 aliphatic carbocycles. The van der Waals surface area contributed by atoms with E-state index >= 15 is 0 Å². The SMILES string of the molecule is Cc1ccc(S(=O)(=O)NCCC2CCCNC2)cc1Br. The van der Waals surface area contributed by atoms with Crippen LogP contribution in [0.3, 0.4) is 0 Å². The standard InChI is InChI=1S/C14H21BrN2O2S/c1-11-4-5-13(9-14(11)15)20(18,19)17-8-6-12-3-2-7-16-10-12/h4-5,9,12,16-17H,2-3,6-8,10H2,1H3. The lowest BCUT2D eigenvalue weighted by Crippen LogP contribution is -2.33. The van der Waals surface area contributed by atoms with Gasteiger partial charge >= 0.3 is 0 Å². The number of sulfonamides is 1. The van der Waals surface area contributed by atoms with Gasteiger partial charge in [-0.3, -0.25) is 0 Å². The molecule has 1 atom stereocenters. The van der Waals surface area contributed by atoms with Gasteiger partial charge in [-0.15, -0.1) is 0 Å². The molecule has 1 aromatic carbocycles. The van der Waals surface area contributed by atoms with Gasteiger partial charge in [-0.2, -0.15) is 0 Å². The van der Waals surface area contributed by atoms with Gasteiger partial charge in [0.1, 0.15) is 0 Å². The van der Waals surface area contributed by atoms with Gasteiger partial charge in [-0.05, 0) is 62.9 Å². The molecule has 0 amide bonds. The van der Waals surface area contributed by atoms with Gasteiger partial charge in [-0.25, -0.2) is 13.1 Å². The van der Waals surface area contributed by atoms with Crippen molar-refractivity contribution >= 4 is 26.0 Å². The minimum Gasteiger partial charge on any atom is -0.316 e. The number of piperidine rings is 1. The maximum atomic E-state index is 12.2. The molecule has 112 valence electrons. The fourth-order valence-electron chi connectivity index (χ4n) is 2.39. The summed E-state index contributed by atoms with van der Waals surface area (Å²) in [6.45, 7) is 4.52. The molecule has 2 rings (SSSR count). The number of nitrogens with one attached hydrogen (secondary N) is 2. The zero-order chi connectivity index (χ0) is 14.6. The Morgan fingerprint density at radius 3 is 2.90 bits per heavy atom. The third kappa shape index (κ3) is 4.28. The Hall–Kier alpha value is -0.430. The van der Waals surface area contributed by atoms with Gasteiger partial charge in [-0.1, -0.05) is 22.0 Å². The average Bonchev–Trinajstić information content (AvgIpc) is 2.43. The van der Waals surface area contributed by atoms with Gasteiger partial charge in [0, 0.05) is 11.0 Å². The molecule has 0 aromatic heterocycles. The molecule has 1 saturated heterocycles. The van der Waals surface area contributed by atoms with Crippen molar-refractivity contribution < 1.29 is 8.42 Å². The van der Waals surface area contributed by atoms with Crippen LogP contribution in [-0.4, -0.2) is 28.1 Å². The number of rotatable bonds is 5. The molecule has 1 aromatic rings. The first-order chi connectivity index (χ1) is 9.49. The summed E-state index contributed by atoms with van der Waals surface area (Å²) in [6.07, 6.45) is 3.26. The second kappa shape index (κ2) is 7.02. The van der Waals surface area contributed by atoms with Gasteiger partial charge in [0.2, 0.25) is 10.0 Å². The van der Waals surface area contributed by atoms with Crippen molar-refractivity contribution in [1.82, 2.24) is 10.0 Å². The van der Waals surface area contributed by atoms with Gasteiger partial charge < -0.3 is 5.32 Å². The van der Waals surface area contributed by atoms with E-state index < -0.39 is 10.0 Å². The van der Waals surface area contributed by atoms with E-state index in [2.05, 4.69) is 26.0 Å². The molecular weight excluding hydrogens is 340 g/mol. The third-order valence-electron chi connectivity index (χ3n) is 3.70. The topological polar surface area (TPSA) is 58.2 Å². The Morgan fingerprint density at radius 1 is 1.45 bits per heavy atom. The van der Waals surface area contributed by atoms with Crippen LogP contribution in [0.4, 0.5) is 0 Å². The summed E-state index contributed by atoms with van der Waals surface area (Å²) >= 11 is 3.37. The predicted octanol–water partition coefficient (Wildman–Crippen LogP) is 2.43. The summed E-state index contributed by atoms with van der Waals surface area (Å²) < 4.78 is 27.9. The minimum absolute atomic E-state index is 0.316. The molecule has 20 heavy (non-hydrogen) atoms. The molecule has 6 heteroatoms. The maximum absolute atomic E-state index is 12.2. The van der Waals surface area contributed by atoms with Gasteiger partial charge in [0.05, 0.1) is 4.90 Å². The van der Waals surface area contributed by atoms with Crippen molar-refractivity contribution in [3.05, 3.63) is 28.2 Å². The molecule has 1 heterocycles. The van der Waals surface area contributed by atoms with Crippen LogP contribution in [0.25, 0.3) is 0 Å². The quantitative estimate of drug-likeness (QED) is 0.847. The molecule has 0 radical (unpaired) electrons. The summed E-state index contributed by atoms with van der Waals surface area (Å²) in [4.78, 5) is 0.316. The Bertz CT molecular complexity index is 554. The lowest BCUT2D eigenvalue weighted by atomic mass is 9.96. The van der Waals surface area contributed by atoms with Gasteiger partial charge in [0.15, 0.2) is 0 Å². The Balaban J connectivity index is 1.91. The van der Waals surface area contributed by atoms with E-state index in [-0.39, 0.29) is 0 Å². The zero-order valence-electron chi connectivity index (χ0n) is 11.7. The molecule has 0 spiro atoms. The van der Waals surface area contributed by atoms with Crippen molar-refractivity contribution in [3.63, 3.8) is 0 Å². The van der Waals surface area contributed by atoms with Crippen molar-refractivity contribution in [3.8, 4) is 0 Å². The van der Waals surface area contributed by atoms with E-state index in [0.29, 0.717) is 17.4 Å². The largest absolute Gasteiger partial charge is 0.316 e. The monoisotopic (exact) mass is 360 g/mol. The van der Waals surface area contributed by atoms with Crippen LogP contribution in [0.5, 0.6) is 0 Å². The molecule has 0 bridgehead atoms. The number of hydrogen-bond acceptors (Lipinski definition) is 3. The summed E-state index contributed by atoms with van der Waals surface area (Å²) in [6, 6.07) is 5.11. The molecule has 1 fully saturated rings. The highest BCUT2D eigenvalue weighted by Crippen LogP contribution is 2.20. The molecular formula is C14H21BrN2O2S. The highest BCUT2D eigenvalue weighted by molar-refractivity contribution is 9.10. The zero-order valence-corrected chi connectivity index (χ0v) is 14.1. The van der Waals surface area contributed by atoms with Crippen LogP contribution in [0.2, 0.25) is 0 Å². The van der Waals surface area contributed by atoms with E-state index in [1.54, 1.807) is 12.1 Å². The van der Waals surface area contributed by atoms with Gasteiger partial charge in [0.25, 0.3) is 0 Å². The molecule has 1 aliphatic heterocycles. The number of benzene rings is 1. The average molecular weight is 361 g/mol. The number of aryl methyl sites for hydroxylation is 1. The summed E-state index contributed by atoms with van der Waals surface area (Å²) in [7, 11) is -3.40. The second-order valence-corrected chi connectivity index (χ2v) is 7.93. The van der Waals surface area contributed by atoms with Crippen LogP contribution < -0.4 is 10.0 Å². The second-order valence-electron chi connectivity index (χ2n) is 5.31. The lowest BCUT2D eigenvalue weighted by molar-refractivity contribution is 0.358. The molecule has 4 nitrogen and oxygen atoms in total. The van der Waals surface area contributed by atoms with E-state index in [9.17, 15) is 8.42 Å². The van der Waals surface area contributed by atoms with Crippen LogP contribution >= 0.6 is 15.9 Å². The molecule has 1 unspecified atom stereocenters. The van der Waals surface area contributed by atoms with Crippen molar-refractivity contribution in [2.75, 3.05) is 19.6 Å². The molecule has 0 saturated carbocycles. The third-order valence-corrected chi connectivity index (χ3v) is 6.01. The summed E-state index contributed by atoms with van der Waals surface area (Å²) in [5.74, 6) is 0.580. The smallest absolute Gasteiger partial charge is 0.240 e. The Kier molecular flexibility index (Phi) is 5.60. The van der Waals surface area contributed by atoms with E-state index in [0.717, 1.165) is 29.5 Å². The summed E-state index contributed by atoms with van der Waals surface area (Å²) in [5, 5.41) is 3.34. The first kappa shape index (κ1) is 15.9. The highest BCUT2D eigenvalue weighted by Gasteiger charge is 2.17. The van der Waals surface area contributed by atoms with Crippen LogP contribution in [0, 0.1) is 12.8 Å². The van der Waals surface area contributed by atoms with E-state index in [1.807, 2.05) is 13.0 Å². The number of halogens is 1. The van der Waals surface area contributed by atoms with Crippen molar-refractivity contribution in [2.45, 2.75) is 31.1 Å². The fraction of sp³-hybridized carbons (Fsp3) is 0.571. The Morgan fingerprint density at radius 2 is 2.25 bits per heavy atom. The molecule has 2 N–H and O–H groups in total. The highest BCUT2D eigenvalue weighted by atomic mass is 79.9. The minimum atomic E-state index is -3.40. The Labute approximate surface area is 129 Å². The van der Waals surface area contributed by atoms with Crippen molar-refractivity contribution in [2.24, 2.45) is 5.92 Å². The number of hydrogen-bond donors (Lipinski definition) is 2. The van der Waals surface area contributed by atoms with Crippen LogP contribution in [0.1, 0.15) is 24.8 Å². The fourth-order valence-corrected chi connectivity index (χ4v) is 4.00. The van der Waals surface area contributed by atoms with Crippen molar-refractivity contribution in [1.29, 1.82) is 0 Å². The normalized spacial score (nSPS) is 20.0. The predicted molar refractivity (Wildman–Crippen MR) is 84.3 cm³/mol. The van der Waals surface area contributed by atoms with E-state index in [1.165, 1.54) is 12.8 Å². The first-order valence-electron chi connectivity index (χ1n) is 6.95. The van der Waals surface area contributed by atoms with Crippen LogP contribution in [0.15, 0.2) is 27.6 Å². The van der Waals surface area contributed by atoms with E-state index in [4.69, 9.17) is 0 Å². The van der Waals surface area contributed by atoms with Crippen LogP contribution in [-0.2, 0) is 10.0 Å². The maximum Gasteiger partial charge on any atom is 0.240 e. The molecule has 1 aliphatic rings. The summed E-state index contributed by atoms with van der Waals surface area (Å²) in [5.41, 5.74) is 1.03. The lowest BCUT2D eigenvalue weighted by Gasteiger charge is -2.22.